The minimum Gasteiger partial charge on any atom is -0.478 e. The van der Waals surface area contributed by atoms with Crippen molar-refractivity contribution < 1.29 is 29.7 Å². The monoisotopic (exact) mass is 428 g/mol. The first-order chi connectivity index (χ1) is 14.1. The summed E-state index contributed by atoms with van der Waals surface area (Å²) in [6.07, 6.45) is 0. The summed E-state index contributed by atoms with van der Waals surface area (Å²) < 4.78 is 0. The highest BCUT2D eigenvalue weighted by Crippen LogP contribution is 2.37. The van der Waals surface area contributed by atoms with Crippen LogP contribution in [0, 0.1) is 0 Å². The number of rotatable bonds is 5. The van der Waals surface area contributed by atoms with E-state index in [-0.39, 0.29) is 21.7 Å². The van der Waals surface area contributed by atoms with Gasteiger partial charge in [0.25, 0.3) is 5.56 Å². The molecule has 0 aliphatic rings. The lowest BCUT2D eigenvalue weighted by atomic mass is 9.89. The van der Waals surface area contributed by atoms with Gasteiger partial charge in [-0.3, -0.25) is 4.79 Å². The van der Waals surface area contributed by atoms with Crippen molar-refractivity contribution in [3.8, 4) is 22.3 Å². The van der Waals surface area contributed by atoms with Crippen LogP contribution in [0.1, 0.15) is 31.1 Å². The summed E-state index contributed by atoms with van der Waals surface area (Å²) in [4.78, 5) is 49.4. The lowest BCUT2D eigenvalue weighted by Gasteiger charge is -2.16. The number of nitrogen functional groups attached to an aromatic ring is 1. The highest BCUT2D eigenvalue weighted by atomic mass is 35.5. The Bertz CT molecular complexity index is 1280. The topological polar surface area (TPSA) is 171 Å². The van der Waals surface area contributed by atoms with Crippen LogP contribution in [0.5, 0.6) is 0 Å². The molecule has 0 saturated heterocycles. The molecule has 30 heavy (non-hydrogen) atoms. The number of pyridine rings is 1. The van der Waals surface area contributed by atoms with Crippen LogP contribution in [0.4, 0.5) is 5.82 Å². The van der Waals surface area contributed by atoms with Gasteiger partial charge in [-0.1, -0.05) is 41.9 Å². The quantitative estimate of drug-likeness (QED) is 0.412. The van der Waals surface area contributed by atoms with Gasteiger partial charge < -0.3 is 26.0 Å². The molecule has 10 heteroatoms. The fourth-order valence-electron chi connectivity index (χ4n) is 3.13. The second-order valence-electron chi connectivity index (χ2n) is 6.15. The molecule has 152 valence electrons. The van der Waals surface area contributed by atoms with E-state index in [1.807, 2.05) is 4.98 Å². The van der Waals surface area contributed by atoms with Gasteiger partial charge in [0.1, 0.15) is 16.9 Å². The molecule has 3 rings (SSSR count). The molecule has 3 aromatic rings. The van der Waals surface area contributed by atoms with Gasteiger partial charge in [-0.15, -0.1) is 0 Å². The predicted molar refractivity (Wildman–Crippen MR) is 108 cm³/mol. The maximum absolute atomic E-state index is 12.3. The van der Waals surface area contributed by atoms with Crippen molar-refractivity contribution in [2.75, 3.05) is 5.73 Å². The molecule has 0 atom stereocenters. The Hall–Kier alpha value is -4.11. The number of hydrogen-bond acceptors (Lipinski definition) is 5. The molecule has 0 amide bonds. The molecule has 0 unspecified atom stereocenters. The lowest BCUT2D eigenvalue weighted by Crippen LogP contribution is -2.24. The number of nitrogens with two attached hydrogens (primary N) is 1. The standard InChI is InChI=1S/C20H13ClN2O7/c21-12-6-5-8(7-11(12)18(25)26)9-3-1-2-4-10(9)13-14(19(27)28)16(22)23-17(24)15(13)20(29)30/h1-7H,(H,25,26)(H,27,28)(H,29,30)(H3,22,23,24). The zero-order valence-electron chi connectivity index (χ0n) is 15.0. The molecule has 0 saturated carbocycles. The Morgan fingerprint density at radius 3 is 2.03 bits per heavy atom. The van der Waals surface area contributed by atoms with E-state index >= 15 is 0 Å². The van der Waals surface area contributed by atoms with E-state index in [0.717, 1.165) is 0 Å². The largest absolute Gasteiger partial charge is 0.478 e. The number of H-pyrrole nitrogens is 1. The minimum absolute atomic E-state index is 0.0124. The van der Waals surface area contributed by atoms with Crippen LogP contribution in [0.25, 0.3) is 22.3 Å². The first-order valence-electron chi connectivity index (χ1n) is 8.28. The van der Waals surface area contributed by atoms with Crippen molar-refractivity contribution in [2.45, 2.75) is 0 Å². The molecule has 0 bridgehead atoms. The second-order valence-corrected chi connectivity index (χ2v) is 6.56. The number of aromatic nitrogens is 1. The maximum atomic E-state index is 12.3. The Kier molecular flexibility index (Phi) is 5.31. The average Bonchev–Trinajstić information content (AvgIpc) is 2.66. The van der Waals surface area contributed by atoms with Crippen molar-refractivity contribution in [3.63, 3.8) is 0 Å². The van der Waals surface area contributed by atoms with Crippen LogP contribution in [0.3, 0.4) is 0 Å². The molecule has 1 heterocycles. The van der Waals surface area contributed by atoms with Crippen LogP contribution >= 0.6 is 11.6 Å². The molecule has 1 aromatic heterocycles. The minimum atomic E-state index is -1.65. The van der Waals surface area contributed by atoms with E-state index in [1.54, 1.807) is 6.07 Å². The van der Waals surface area contributed by atoms with Gasteiger partial charge in [0.05, 0.1) is 10.6 Å². The van der Waals surface area contributed by atoms with E-state index in [0.29, 0.717) is 5.56 Å². The van der Waals surface area contributed by atoms with Crippen LogP contribution in [-0.2, 0) is 0 Å². The Morgan fingerprint density at radius 1 is 0.867 bits per heavy atom. The average molecular weight is 429 g/mol. The summed E-state index contributed by atoms with van der Waals surface area (Å²) in [6.45, 7) is 0. The highest BCUT2D eigenvalue weighted by molar-refractivity contribution is 6.33. The van der Waals surface area contributed by atoms with Crippen LogP contribution in [-0.4, -0.2) is 38.2 Å². The molecule has 0 aliphatic carbocycles. The van der Waals surface area contributed by atoms with E-state index in [4.69, 9.17) is 17.3 Å². The lowest BCUT2D eigenvalue weighted by molar-refractivity contribution is 0.0682. The summed E-state index contributed by atoms with van der Waals surface area (Å²) in [6, 6.07) is 10.1. The third kappa shape index (κ3) is 3.49. The number of nitrogens with one attached hydrogen (secondary N) is 1. The Balaban J connectivity index is 2.45. The number of carboxylic acid groups (broad SMARTS) is 3. The summed E-state index contributed by atoms with van der Waals surface area (Å²) >= 11 is 5.91. The number of anilines is 1. The molecule has 2 aromatic carbocycles. The summed E-state index contributed by atoms with van der Waals surface area (Å²) in [7, 11) is 0. The number of hydrogen-bond donors (Lipinski definition) is 5. The molecule has 0 radical (unpaired) electrons. The first kappa shape index (κ1) is 20.6. The third-order valence-corrected chi connectivity index (χ3v) is 4.71. The maximum Gasteiger partial charge on any atom is 0.342 e. The van der Waals surface area contributed by atoms with Gasteiger partial charge in [-0.25, -0.2) is 14.4 Å². The fourth-order valence-corrected chi connectivity index (χ4v) is 3.32. The van der Waals surface area contributed by atoms with Gasteiger partial charge in [0, 0.05) is 5.56 Å². The van der Waals surface area contributed by atoms with Crippen LogP contribution in [0.2, 0.25) is 5.02 Å². The number of carbonyl (C=O) groups is 3. The van der Waals surface area contributed by atoms with Crippen molar-refractivity contribution in [1.29, 1.82) is 0 Å². The van der Waals surface area contributed by atoms with Crippen molar-refractivity contribution >= 4 is 35.3 Å². The van der Waals surface area contributed by atoms with E-state index in [2.05, 4.69) is 0 Å². The van der Waals surface area contributed by atoms with Crippen molar-refractivity contribution in [1.82, 2.24) is 4.98 Å². The summed E-state index contributed by atoms with van der Waals surface area (Å²) in [5.41, 5.74) is 3.29. The normalized spacial score (nSPS) is 10.6. The Morgan fingerprint density at radius 2 is 1.47 bits per heavy atom. The third-order valence-electron chi connectivity index (χ3n) is 4.38. The number of benzene rings is 2. The van der Waals surface area contributed by atoms with Gasteiger partial charge in [-0.2, -0.15) is 0 Å². The SMILES string of the molecule is Nc1[nH]c(=O)c(C(=O)O)c(-c2ccccc2-c2ccc(Cl)c(C(=O)O)c2)c1C(=O)O. The number of aromatic amines is 1. The number of carboxylic acids is 3. The summed E-state index contributed by atoms with van der Waals surface area (Å²) in [5, 5.41) is 28.5. The van der Waals surface area contributed by atoms with Crippen molar-refractivity contribution in [2.24, 2.45) is 0 Å². The van der Waals surface area contributed by atoms with Gasteiger partial charge in [0.15, 0.2) is 0 Å². The van der Waals surface area contributed by atoms with Gasteiger partial charge >= 0.3 is 17.9 Å². The zero-order chi connectivity index (χ0) is 22.2. The Labute approximate surface area is 173 Å². The highest BCUT2D eigenvalue weighted by Gasteiger charge is 2.28. The molecule has 9 nitrogen and oxygen atoms in total. The van der Waals surface area contributed by atoms with E-state index < -0.39 is 46.0 Å². The first-order valence-corrected chi connectivity index (χ1v) is 8.66. The summed E-state index contributed by atoms with van der Waals surface area (Å²) in [5.74, 6) is -4.98. The molecular formula is C20H13ClN2O7. The predicted octanol–water partition coefficient (Wildman–Crippen LogP) is 3.04. The van der Waals surface area contributed by atoms with E-state index in [9.17, 15) is 34.5 Å². The van der Waals surface area contributed by atoms with Gasteiger partial charge in [0.2, 0.25) is 0 Å². The molecule has 0 aliphatic heterocycles. The number of aromatic carboxylic acids is 3. The number of halogens is 1. The van der Waals surface area contributed by atoms with Crippen LogP contribution < -0.4 is 11.3 Å². The molecule has 6 N–H and O–H groups in total. The smallest absolute Gasteiger partial charge is 0.342 e. The molecule has 0 fully saturated rings. The van der Waals surface area contributed by atoms with Crippen molar-refractivity contribution in [3.05, 3.63) is 74.5 Å². The second kappa shape index (κ2) is 7.72. The fraction of sp³-hybridized carbons (Fsp3) is 0. The zero-order valence-corrected chi connectivity index (χ0v) is 15.7. The van der Waals surface area contributed by atoms with Gasteiger partial charge in [-0.05, 0) is 28.8 Å². The van der Waals surface area contributed by atoms with Crippen LogP contribution in [0.15, 0.2) is 47.3 Å². The van der Waals surface area contributed by atoms with E-state index in [1.165, 1.54) is 36.4 Å². The molecular weight excluding hydrogens is 416 g/mol. The molecule has 0 spiro atoms.